The lowest BCUT2D eigenvalue weighted by Crippen LogP contribution is -2.45. The summed E-state index contributed by atoms with van der Waals surface area (Å²) in [6.07, 6.45) is 53.1. The van der Waals surface area contributed by atoms with Crippen LogP contribution in [0.4, 0.5) is 0 Å². The SMILES string of the molecule is CC/C=C\C/C=C\C/C=C\C/C=C\CCCCCCCCCCC(=O)NC(CO)C(O)/C=C/CCCCCCCCCCCCCC. The van der Waals surface area contributed by atoms with Crippen LogP contribution in [0.3, 0.4) is 0 Å². The molecule has 3 N–H and O–H groups in total. The quantitative estimate of drug-likeness (QED) is 0.0470. The zero-order valence-electron chi connectivity index (χ0n) is 31.0. The van der Waals surface area contributed by atoms with Gasteiger partial charge in [0.25, 0.3) is 0 Å². The van der Waals surface area contributed by atoms with Crippen molar-refractivity contribution in [3.8, 4) is 0 Å². The van der Waals surface area contributed by atoms with Gasteiger partial charge >= 0.3 is 0 Å². The molecular formula is C43H77NO3. The first-order chi connectivity index (χ1) is 23.2. The highest BCUT2D eigenvalue weighted by molar-refractivity contribution is 5.76. The zero-order chi connectivity index (χ0) is 34.3. The highest BCUT2D eigenvalue weighted by Gasteiger charge is 2.17. The molecule has 0 aromatic rings. The van der Waals surface area contributed by atoms with Gasteiger partial charge in [0.15, 0.2) is 0 Å². The number of amides is 1. The Hall–Kier alpha value is -1.91. The summed E-state index contributed by atoms with van der Waals surface area (Å²) in [5.41, 5.74) is 0. The van der Waals surface area contributed by atoms with E-state index in [2.05, 4.69) is 67.8 Å². The Labute approximate surface area is 292 Å². The van der Waals surface area contributed by atoms with E-state index in [9.17, 15) is 15.0 Å². The topological polar surface area (TPSA) is 69.6 Å². The smallest absolute Gasteiger partial charge is 0.220 e. The van der Waals surface area contributed by atoms with Crippen LogP contribution in [0.2, 0.25) is 0 Å². The summed E-state index contributed by atoms with van der Waals surface area (Å²) in [5, 5.41) is 22.9. The van der Waals surface area contributed by atoms with Gasteiger partial charge in [-0.05, 0) is 57.8 Å². The number of nitrogens with one attached hydrogen (secondary N) is 1. The van der Waals surface area contributed by atoms with Gasteiger partial charge in [-0.15, -0.1) is 0 Å². The maximum absolute atomic E-state index is 12.3. The third kappa shape index (κ3) is 35.2. The standard InChI is InChI=1S/C43H77NO3/c1-3-5-7-9-11-13-15-17-19-20-21-22-23-24-25-27-29-31-33-35-37-39-43(47)44-41(40-45)42(46)38-36-34-32-30-28-26-18-16-14-12-10-8-6-4-2/h5,7,11,13,17,19,21-22,36,38,41-42,45-46H,3-4,6,8-10,12,14-16,18,20,23-35,37,39-40H2,1-2H3,(H,44,47)/b7-5-,13-11-,19-17-,22-21-,38-36+. The summed E-state index contributed by atoms with van der Waals surface area (Å²) in [6, 6.07) is -0.627. The van der Waals surface area contributed by atoms with E-state index in [1.807, 2.05) is 6.08 Å². The van der Waals surface area contributed by atoms with E-state index in [1.54, 1.807) is 6.08 Å². The molecule has 2 unspecified atom stereocenters. The van der Waals surface area contributed by atoms with Crippen molar-refractivity contribution in [2.75, 3.05) is 6.61 Å². The minimum atomic E-state index is -0.843. The van der Waals surface area contributed by atoms with E-state index < -0.39 is 12.1 Å². The minimum Gasteiger partial charge on any atom is -0.394 e. The third-order valence-electron chi connectivity index (χ3n) is 8.76. The first-order valence-corrected chi connectivity index (χ1v) is 20.0. The number of aliphatic hydroxyl groups excluding tert-OH is 2. The van der Waals surface area contributed by atoms with Crippen LogP contribution in [-0.4, -0.2) is 34.9 Å². The fraction of sp³-hybridized carbons (Fsp3) is 0.744. The molecule has 0 saturated carbocycles. The molecule has 0 bridgehead atoms. The van der Waals surface area contributed by atoms with Crippen LogP contribution in [0.5, 0.6) is 0 Å². The summed E-state index contributed by atoms with van der Waals surface area (Å²) in [4.78, 5) is 12.3. The van der Waals surface area contributed by atoms with Crippen molar-refractivity contribution in [1.82, 2.24) is 5.32 Å². The molecule has 0 aliphatic carbocycles. The Bertz CT molecular complexity index is 797. The summed E-state index contributed by atoms with van der Waals surface area (Å²) in [5.74, 6) is -0.0756. The average Bonchev–Trinajstić information content (AvgIpc) is 3.07. The molecule has 0 heterocycles. The van der Waals surface area contributed by atoms with Crippen LogP contribution in [0, 0.1) is 0 Å². The molecule has 0 aromatic heterocycles. The van der Waals surface area contributed by atoms with Crippen molar-refractivity contribution in [2.24, 2.45) is 0 Å². The van der Waals surface area contributed by atoms with E-state index in [-0.39, 0.29) is 12.5 Å². The molecule has 4 nitrogen and oxygen atoms in total. The molecule has 0 rings (SSSR count). The van der Waals surface area contributed by atoms with E-state index in [0.29, 0.717) is 6.42 Å². The second-order valence-electron chi connectivity index (χ2n) is 13.3. The molecule has 1 amide bonds. The fourth-order valence-electron chi connectivity index (χ4n) is 5.70. The molecule has 0 aromatic carbocycles. The Balaban J connectivity index is 3.63. The number of carbonyl (C=O) groups is 1. The maximum Gasteiger partial charge on any atom is 0.220 e. The molecule has 4 heteroatoms. The predicted octanol–water partition coefficient (Wildman–Crippen LogP) is 12.2. The van der Waals surface area contributed by atoms with E-state index in [1.165, 1.54) is 109 Å². The van der Waals surface area contributed by atoms with Crippen LogP contribution < -0.4 is 5.32 Å². The summed E-state index contributed by atoms with van der Waals surface area (Å²) < 4.78 is 0. The molecule has 2 atom stereocenters. The van der Waals surface area contributed by atoms with Crippen molar-refractivity contribution < 1.29 is 15.0 Å². The van der Waals surface area contributed by atoms with Gasteiger partial charge in [-0.1, -0.05) is 184 Å². The molecule has 0 fully saturated rings. The van der Waals surface area contributed by atoms with Crippen molar-refractivity contribution in [2.45, 2.75) is 199 Å². The number of aliphatic hydroxyl groups is 2. The third-order valence-corrected chi connectivity index (χ3v) is 8.76. The maximum atomic E-state index is 12.3. The van der Waals surface area contributed by atoms with Crippen molar-refractivity contribution in [1.29, 1.82) is 0 Å². The molecule has 0 saturated heterocycles. The Morgan fingerprint density at radius 1 is 0.532 bits per heavy atom. The zero-order valence-corrected chi connectivity index (χ0v) is 31.0. The van der Waals surface area contributed by atoms with Gasteiger partial charge in [-0.2, -0.15) is 0 Å². The van der Waals surface area contributed by atoms with Crippen LogP contribution >= 0.6 is 0 Å². The highest BCUT2D eigenvalue weighted by atomic mass is 16.3. The van der Waals surface area contributed by atoms with Crippen LogP contribution in [0.1, 0.15) is 187 Å². The second-order valence-corrected chi connectivity index (χ2v) is 13.3. The first-order valence-electron chi connectivity index (χ1n) is 20.0. The fourth-order valence-corrected chi connectivity index (χ4v) is 5.70. The van der Waals surface area contributed by atoms with E-state index >= 15 is 0 Å². The van der Waals surface area contributed by atoms with Crippen molar-refractivity contribution in [3.63, 3.8) is 0 Å². The largest absolute Gasteiger partial charge is 0.394 e. The molecule has 0 radical (unpaired) electrons. The number of rotatable bonds is 35. The number of hydrogen-bond acceptors (Lipinski definition) is 3. The van der Waals surface area contributed by atoms with Gasteiger partial charge in [0.2, 0.25) is 5.91 Å². The van der Waals surface area contributed by atoms with Crippen molar-refractivity contribution in [3.05, 3.63) is 60.8 Å². The molecule has 0 aliphatic rings. The minimum absolute atomic E-state index is 0.0756. The Morgan fingerprint density at radius 2 is 0.936 bits per heavy atom. The molecule has 0 spiro atoms. The number of hydrogen-bond donors (Lipinski definition) is 3. The monoisotopic (exact) mass is 656 g/mol. The molecule has 0 aliphatic heterocycles. The molecule has 272 valence electrons. The van der Waals surface area contributed by atoms with Crippen LogP contribution in [-0.2, 0) is 4.79 Å². The predicted molar refractivity (Wildman–Crippen MR) is 207 cm³/mol. The van der Waals surface area contributed by atoms with Gasteiger partial charge in [0.1, 0.15) is 0 Å². The van der Waals surface area contributed by atoms with Gasteiger partial charge in [0, 0.05) is 6.42 Å². The Morgan fingerprint density at radius 3 is 1.40 bits per heavy atom. The number of unbranched alkanes of at least 4 members (excludes halogenated alkanes) is 20. The first kappa shape index (κ1) is 45.1. The Kier molecular flexibility index (Phi) is 37.0. The van der Waals surface area contributed by atoms with E-state index in [0.717, 1.165) is 57.8 Å². The van der Waals surface area contributed by atoms with Gasteiger partial charge in [-0.3, -0.25) is 4.79 Å². The lowest BCUT2D eigenvalue weighted by Gasteiger charge is -2.20. The number of allylic oxidation sites excluding steroid dienone is 9. The highest BCUT2D eigenvalue weighted by Crippen LogP contribution is 2.14. The average molecular weight is 656 g/mol. The lowest BCUT2D eigenvalue weighted by atomic mass is 10.0. The summed E-state index contributed by atoms with van der Waals surface area (Å²) in [7, 11) is 0. The second kappa shape index (κ2) is 38.5. The van der Waals surface area contributed by atoms with Crippen molar-refractivity contribution >= 4 is 5.91 Å². The summed E-state index contributed by atoms with van der Waals surface area (Å²) in [6.45, 7) is 4.18. The lowest BCUT2D eigenvalue weighted by molar-refractivity contribution is -0.123. The van der Waals surface area contributed by atoms with Crippen LogP contribution in [0.15, 0.2) is 60.8 Å². The normalized spacial score (nSPS) is 13.7. The van der Waals surface area contributed by atoms with E-state index in [4.69, 9.17) is 0 Å². The molecule has 47 heavy (non-hydrogen) atoms. The molecular weight excluding hydrogens is 578 g/mol. The van der Waals surface area contributed by atoms with Gasteiger partial charge in [0.05, 0.1) is 18.8 Å². The summed E-state index contributed by atoms with van der Waals surface area (Å²) >= 11 is 0. The van der Waals surface area contributed by atoms with Crippen LogP contribution in [0.25, 0.3) is 0 Å². The van der Waals surface area contributed by atoms with Gasteiger partial charge < -0.3 is 15.5 Å². The number of carbonyl (C=O) groups excluding carboxylic acids is 1. The van der Waals surface area contributed by atoms with Gasteiger partial charge in [-0.25, -0.2) is 0 Å².